The smallest absolute Gasteiger partial charge is 0.303 e. The first-order valence-electron chi connectivity index (χ1n) is 8.46. The molecule has 3 rings (SSSR count). The van der Waals surface area contributed by atoms with Crippen LogP contribution in [0.25, 0.3) is 0 Å². The Morgan fingerprint density at radius 3 is 2.91 bits per heavy atom. The van der Waals surface area contributed by atoms with Crippen LogP contribution in [-0.4, -0.2) is 76.3 Å². The Balaban J connectivity index is 1.61. The van der Waals surface area contributed by atoms with Gasteiger partial charge in [0.25, 0.3) is 0 Å². The molecule has 1 aromatic heterocycles. The van der Waals surface area contributed by atoms with Gasteiger partial charge in [0.2, 0.25) is 0 Å². The van der Waals surface area contributed by atoms with Crippen molar-refractivity contribution in [2.75, 3.05) is 39.4 Å². The zero-order chi connectivity index (χ0) is 16.1. The number of carboxylic acid groups (broad SMARTS) is 1. The van der Waals surface area contributed by atoms with E-state index in [1.54, 1.807) is 6.20 Å². The zero-order valence-electron chi connectivity index (χ0n) is 13.5. The Morgan fingerprint density at radius 1 is 1.39 bits per heavy atom. The molecular formula is C16H26N4O3. The number of ether oxygens (including phenoxy) is 1. The molecule has 2 saturated heterocycles. The maximum atomic E-state index is 11.0. The van der Waals surface area contributed by atoms with Gasteiger partial charge >= 0.3 is 5.97 Å². The SMILES string of the molecule is O=C(O)CC[C@@H]1CN(Cc2ncc[nH]2)CC[C@@H]1N1CCOCC1. The summed E-state index contributed by atoms with van der Waals surface area (Å²) in [6.45, 7) is 6.30. The minimum atomic E-state index is -0.700. The number of carbonyl (C=O) groups is 1. The molecule has 0 radical (unpaired) electrons. The van der Waals surface area contributed by atoms with Crippen LogP contribution >= 0.6 is 0 Å². The van der Waals surface area contributed by atoms with E-state index in [4.69, 9.17) is 9.84 Å². The molecule has 2 N–H and O–H groups in total. The minimum Gasteiger partial charge on any atom is -0.481 e. The van der Waals surface area contributed by atoms with Gasteiger partial charge in [-0.05, 0) is 18.8 Å². The van der Waals surface area contributed by atoms with Gasteiger partial charge in [-0.25, -0.2) is 4.98 Å². The summed E-state index contributed by atoms with van der Waals surface area (Å²) in [5, 5.41) is 9.05. The zero-order valence-corrected chi connectivity index (χ0v) is 13.5. The number of H-pyrrole nitrogens is 1. The fourth-order valence-electron chi connectivity index (χ4n) is 3.82. The van der Waals surface area contributed by atoms with Gasteiger partial charge in [0.05, 0.1) is 19.8 Å². The standard InChI is InChI=1S/C16H26N4O3/c21-16(22)2-1-13-11-19(12-15-17-4-5-18-15)6-3-14(13)20-7-9-23-10-8-20/h4-5,13-14H,1-3,6-12H2,(H,17,18)(H,21,22)/t13-,14+/m1/s1. The van der Waals surface area contributed by atoms with Gasteiger partial charge in [-0.2, -0.15) is 0 Å². The predicted molar refractivity (Wildman–Crippen MR) is 85.0 cm³/mol. The lowest BCUT2D eigenvalue weighted by atomic mass is 9.86. The lowest BCUT2D eigenvalue weighted by molar-refractivity contribution is -0.137. The molecule has 0 spiro atoms. The summed E-state index contributed by atoms with van der Waals surface area (Å²) in [4.78, 5) is 23.3. The number of hydrogen-bond acceptors (Lipinski definition) is 5. The normalized spacial score (nSPS) is 27.1. The van der Waals surface area contributed by atoms with E-state index >= 15 is 0 Å². The van der Waals surface area contributed by atoms with E-state index in [2.05, 4.69) is 19.8 Å². The van der Waals surface area contributed by atoms with E-state index in [-0.39, 0.29) is 6.42 Å². The van der Waals surface area contributed by atoms with E-state index in [0.717, 1.165) is 64.6 Å². The molecule has 1 aromatic rings. The van der Waals surface area contributed by atoms with Crippen molar-refractivity contribution in [1.82, 2.24) is 19.8 Å². The average Bonchev–Trinajstić information content (AvgIpc) is 3.07. The summed E-state index contributed by atoms with van der Waals surface area (Å²) >= 11 is 0. The quantitative estimate of drug-likeness (QED) is 0.806. The highest BCUT2D eigenvalue weighted by Gasteiger charge is 2.34. The van der Waals surface area contributed by atoms with E-state index < -0.39 is 5.97 Å². The number of nitrogens with one attached hydrogen (secondary N) is 1. The van der Waals surface area contributed by atoms with Crippen LogP contribution in [0, 0.1) is 5.92 Å². The van der Waals surface area contributed by atoms with E-state index in [1.807, 2.05) is 6.20 Å². The third-order valence-corrected chi connectivity index (χ3v) is 4.95. The molecule has 2 fully saturated rings. The highest BCUT2D eigenvalue weighted by molar-refractivity contribution is 5.66. The van der Waals surface area contributed by atoms with E-state index in [0.29, 0.717) is 12.0 Å². The summed E-state index contributed by atoms with van der Waals surface area (Å²) < 4.78 is 5.46. The first-order valence-corrected chi connectivity index (χ1v) is 8.46. The molecule has 7 nitrogen and oxygen atoms in total. The van der Waals surface area contributed by atoms with Gasteiger partial charge in [-0.15, -0.1) is 0 Å². The lowest BCUT2D eigenvalue weighted by Crippen LogP contribution is -2.53. The Hall–Kier alpha value is -1.44. The van der Waals surface area contributed by atoms with Crippen molar-refractivity contribution in [2.24, 2.45) is 5.92 Å². The molecule has 0 unspecified atom stereocenters. The molecule has 2 aliphatic rings. The largest absolute Gasteiger partial charge is 0.481 e. The molecule has 2 atom stereocenters. The van der Waals surface area contributed by atoms with Gasteiger partial charge in [-0.1, -0.05) is 0 Å². The molecule has 23 heavy (non-hydrogen) atoms. The highest BCUT2D eigenvalue weighted by Crippen LogP contribution is 2.27. The molecule has 128 valence electrons. The first kappa shape index (κ1) is 16.4. The van der Waals surface area contributed by atoms with Crippen molar-refractivity contribution < 1.29 is 14.6 Å². The average molecular weight is 322 g/mol. The third-order valence-electron chi connectivity index (χ3n) is 4.95. The molecule has 0 saturated carbocycles. The van der Waals surface area contributed by atoms with Crippen LogP contribution in [0.3, 0.4) is 0 Å². The first-order chi connectivity index (χ1) is 11.2. The number of piperidine rings is 1. The lowest BCUT2D eigenvalue weighted by Gasteiger charge is -2.45. The van der Waals surface area contributed by atoms with Crippen LogP contribution in [0.15, 0.2) is 12.4 Å². The maximum absolute atomic E-state index is 11.0. The molecule has 0 bridgehead atoms. The van der Waals surface area contributed by atoms with Gasteiger partial charge in [-0.3, -0.25) is 14.6 Å². The molecule has 0 amide bonds. The molecule has 3 heterocycles. The van der Waals surface area contributed by atoms with Crippen LogP contribution in [0.1, 0.15) is 25.1 Å². The Kier molecular flexibility index (Phi) is 5.64. The number of aliphatic carboxylic acids is 1. The predicted octanol–water partition coefficient (Wildman–Crippen LogP) is 0.797. The van der Waals surface area contributed by atoms with Crippen LogP contribution in [0.5, 0.6) is 0 Å². The number of nitrogens with zero attached hydrogens (tertiary/aromatic N) is 3. The molecule has 0 aliphatic carbocycles. The number of morpholine rings is 1. The second-order valence-corrected chi connectivity index (χ2v) is 6.47. The topological polar surface area (TPSA) is 81.7 Å². The Bertz CT molecular complexity index is 488. The second-order valence-electron chi connectivity index (χ2n) is 6.47. The summed E-state index contributed by atoms with van der Waals surface area (Å²) in [6, 6.07) is 0.478. The monoisotopic (exact) mass is 322 g/mol. The van der Waals surface area contributed by atoms with Gasteiger partial charge in [0.1, 0.15) is 5.82 Å². The van der Waals surface area contributed by atoms with Crippen molar-refractivity contribution >= 4 is 5.97 Å². The molecular weight excluding hydrogens is 296 g/mol. The number of imidazole rings is 1. The van der Waals surface area contributed by atoms with Gasteiger partial charge in [0, 0.05) is 51.0 Å². The summed E-state index contributed by atoms with van der Waals surface area (Å²) in [7, 11) is 0. The van der Waals surface area contributed by atoms with Gasteiger partial charge < -0.3 is 14.8 Å². The van der Waals surface area contributed by atoms with Crippen molar-refractivity contribution in [3.8, 4) is 0 Å². The Morgan fingerprint density at radius 2 is 2.22 bits per heavy atom. The fraction of sp³-hybridized carbons (Fsp3) is 0.750. The maximum Gasteiger partial charge on any atom is 0.303 e. The van der Waals surface area contributed by atoms with Crippen molar-refractivity contribution in [1.29, 1.82) is 0 Å². The number of hydrogen-bond donors (Lipinski definition) is 2. The number of likely N-dealkylation sites (tertiary alicyclic amines) is 1. The minimum absolute atomic E-state index is 0.250. The third kappa shape index (κ3) is 4.53. The molecule has 7 heteroatoms. The number of carboxylic acids is 1. The van der Waals surface area contributed by atoms with Crippen LogP contribution < -0.4 is 0 Å². The summed E-state index contributed by atoms with van der Waals surface area (Å²) in [5.74, 6) is 0.675. The number of aromatic nitrogens is 2. The van der Waals surface area contributed by atoms with Crippen LogP contribution in [0.4, 0.5) is 0 Å². The van der Waals surface area contributed by atoms with Crippen molar-refractivity contribution in [3.63, 3.8) is 0 Å². The summed E-state index contributed by atoms with van der Waals surface area (Å²) in [6.07, 6.45) is 5.70. The van der Waals surface area contributed by atoms with E-state index in [9.17, 15) is 4.79 Å². The summed E-state index contributed by atoms with van der Waals surface area (Å²) in [5.41, 5.74) is 0. The second kappa shape index (κ2) is 7.90. The Labute approximate surface area is 136 Å². The van der Waals surface area contributed by atoms with Crippen LogP contribution in [-0.2, 0) is 16.1 Å². The van der Waals surface area contributed by atoms with E-state index in [1.165, 1.54) is 0 Å². The number of rotatable bonds is 6. The van der Waals surface area contributed by atoms with Crippen molar-refractivity contribution in [3.05, 3.63) is 18.2 Å². The van der Waals surface area contributed by atoms with Crippen LogP contribution in [0.2, 0.25) is 0 Å². The van der Waals surface area contributed by atoms with Crippen molar-refractivity contribution in [2.45, 2.75) is 31.8 Å². The molecule has 0 aromatic carbocycles. The molecule has 2 aliphatic heterocycles. The fourth-order valence-corrected chi connectivity index (χ4v) is 3.82. The number of aromatic amines is 1. The highest BCUT2D eigenvalue weighted by atomic mass is 16.5. The van der Waals surface area contributed by atoms with Gasteiger partial charge in [0.15, 0.2) is 0 Å².